The zero-order valence-electron chi connectivity index (χ0n) is 22.3. The van der Waals surface area contributed by atoms with Crippen LogP contribution in [0.4, 0.5) is 4.79 Å². The number of esters is 1. The Kier molecular flexibility index (Phi) is 11.2. The molecule has 196 valence electrons. The van der Waals surface area contributed by atoms with Gasteiger partial charge in [0.2, 0.25) is 11.8 Å². The summed E-state index contributed by atoms with van der Waals surface area (Å²) in [6, 6.07) is 6.37. The van der Waals surface area contributed by atoms with Gasteiger partial charge in [0, 0.05) is 12.1 Å². The maximum atomic E-state index is 13.5. The molecular formula is C26H41N3O6. The zero-order valence-corrected chi connectivity index (χ0v) is 22.3. The number of nitrogens with one attached hydrogen (secondary N) is 2. The van der Waals surface area contributed by atoms with Crippen molar-refractivity contribution >= 4 is 23.9 Å². The highest BCUT2D eigenvalue weighted by atomic mass is 16.6. The minimum atomic E-state index is -0.971. The molecule has 0 aromatic heterocycles. The molecule has 1 rings (SSSR count). The molecule has 1 unspecified atom stereocenters. The lowest BCUT2D eigenvalue weighted by Crippen LogP contribution is -2.56. The molecule has 1 atom stereocenters. The fraction of sp³-hybridized carbons (Fsp3) is 0.615. The van der Waals surface area contributed by atoms with E-state index in [2.05, 4.69) is 10.6 Å². The van der Waals surface area contributed by atoms with E-state index in [0.29, 0.717) is 12.0 Å². The van der Waals surface area contributed by atoms with E-state index in [1.165, 1.54) is 4.90 Å². The number of hydrogen-bond donors (Lipinski definition) is 2. The number of rotatable bonds is 11. The summed E-state index contributed by atoms with van der Waals surface area (Å²) in [6.07, 6.45) is -0.138. The summed E-state index contributed by atoms with van der Waals surface area (Å²) in [4.78, 5) is 52.4. The maximum Gasteiger partial charge on any atom is 0.408 e. The second-order valence-electron chi connectivity index (χ2n) is 9.89. The Morgan fingerprint density at radius 3 is 2.17 bits per heavy atom. The van der Waals surface area contributed by atoms with Crippen LogP contribution in [-0.2, 0) is 23.9 Å². The van der Waals surface area contributed by atoms with Gasteiger partial charge in [-0.3, -0.25) is 14.4 Å². The van der Waals surface area contributed by atoms with E-state index < -0.39 is 41.1 Å². The SMILES string of the molecule is CCOC(=O)CCNC(=O)C(c1ccccc1C)N(C(=O)CNC(=O)OC(C)(C)C)C(C)(C)CC. The van der Waals surface area contributed by atoms with Crippen molar-refractivity contribution in [2.45, 2.75) is 85.4 Å². The quantitative estimate of drug-likeness (QED) is 0.457. The van der Waals surface area contributed by atoms with Crippen molar-refractivity contribution in [3.63, 3.8) is 0 Å². The number of carbonyl (C=O) groups is 4. The van der Waals surface area contributed by atoms with Crippen molar-refractivity contribution in [3.05, 3.63) is 35.4 Å². The molecule has 0 aliphatic carbocycles. The number of amides is 3. The van der Waals surface area contributed by atoms with Crippen LogP contribution in [0.1, 0.15) is 78.5 Å². The summed E-state index contributed by atoms with van der Waals surface area (Å²) in [5.41, 5.74) is 0.0620. The number of ether oxygens (including phenoxy) is 2. The standard InChI is InChI=1S/C26H41N3O6/c1-9-26(7,8)29(20(30)17-28-24(33)35-25(4,5)6)22(19-14-12-11-13-18(19)3)23(32)27-16-15-21(31)34-10-2/h11-14,22H,9-10,15-17H2,1-8H3,(H,27,32)(H,28,33). The third-order valence-electron chi connectivity index (χ3n) is 5.49. The molecule has 9 heteroatoms. The summed E-state index contributed by atoms with van der Waals surface area (Å²) in [6.45, 7) is 14.4. The van der Waals surface area contributed by atoms with Gasteiger partial charge in [0.25, 0.3) is 0 Å². The van der Waals surface area contributed by atoms with Crippen LogP contribution >= 0.6 is 0 Å². The molecule has 1 aromatic carbocycles. The van der Waals surface area contributed by atoms with Gasteiger partial charge in [-0.05, 0) is 66.0 Å². The van der Waals surface area contributed by atoms with Crippen molar-refractivity contribution in [1.82, 2.24) is 15.5 Å². The Morgan fingerprint density at radius 1 is 1.00 bits per heavy atom. The highest BCUT2D eigenvalue weighted by molar-refractivity contribution is 5.91. The van der Waals surface area contributed by atoms with Gasteiger partial charge in [-0.2, -0.15) is 0 Å². The fourth-order valence-electron chi connectivity index (χ4n) is 3.46. The monoisotopic (exact) mass is 491 g/mol. The van der Waals surface area contributed by atoms with Crippen LogP contribution in [0, 0.1) is 6.92 Å². The maximum absolute atomic E-state index is 13.5. The second kappa shape index (κ2) is 13.1. The summed E-state index contributed by atoms with van der Waals surface area (Å²) in [7, 11) is 0. The molecular weight excluding hydrogens is 450 g/mol. The molecule has 9 nitrogen and oxygen atoms in total. The Morgan fingerprint density at radius 2 is 1.63 bits per heavy atom. The van der Waals surface area contributed by atoms with Crippen LogP contribution in [-0.4, -0.2) is 59.6 Å². The highest BCUT2D eigenvalue weighted by Gasteiger charge is 2.40. The Balaban J connectivity index is 3.28. The Bertz CT molecular complexity index is 891. The van der Waals surface area contributed by atoms with Crippen LogP contribution in [0.5, 0.6) is 0 Å². The highest BCUT2D eigenvalue weighted by Crippen LogP contribution is 2.32. The van der Waals surface area contributed by atoms with Crippen molar-refractivity contribution in [2.75, 3.05) is 19.7 Å². The van der Waals surface area contributed by atoms with E-state index in [4.69, 9.17) is 9.47 Å². The molecule has 0 fully saturated rings. The summed E-state index contributed by atoms with van der Waals surface area (Å²) in [5.74, 6) is -1.27. The molecule has 0 bridgehead atoms. The molecule has 0 radical (unpaired) electrons. The van der Waals surface area contributed by atoms with Gasteiger partial charge in [0.15, 0.2) is 0 Å². The predicted octanol–water partition coefficient (Wildman–Crippen LogP) is 3.65. The number of benzene rings is 1. The number of carbonyl (C=O) groups excluding carboxylic acids is 4. The van der Waals surface area contributed by atoms with Crippen molar-refractivity contribution in [3.8, 4) is 0 Å². The van der Waals surface area contributed by atoms with Crippen LogP contribution < -0.4 is 10.6 Å². The van der Waals surface area contributed by atoms with Crippen molar-refractivity contribution in [1.29, 1.82) is 0 Å². The van der Waals surface area contributed by atoms with Crippen molar-refractivity contribution in [2.24, 2.45) is 0 Å². The molecule has 0 saturated carbocycles. The van der Waals surface area contributed by atoms with Crippen LogP contribution in [0.25, 0.3) is 0 Å². The largest absolute Gasteiger partial charge is 0.466 e. The van der Waals surface area contributed by atoms with E-state index in [1.54, 1.807) is 33.8 Å². The molecule has 0 aliphatic heterocycles. The number of hydrogen-bond acceptors (Lipinski definition) is 6. The topological polar surface area (TPSA) is 114 Å². The third kappa shape index (κ3) is 9.58. The third-order valence-corrected chi connectivity index (χ3v) is 5.49. The predicted molar refractivity (Wildman–Crippen MR) is 134 cm³/mol. The number of nitrogens with zero attached hydrogens (tertiary/aromatic N) is 1. The first-order valence-corrected chi connectivity index (χ1v) is 12.0. The Labute approximate surface area is 208 Å². The molecule has 1 aromatic rings. The van der Waals surface area contributed by atoms with Gasteiger partial charge >= 0.3 is 12.1 Å². The summed E-state index contributed by atoms with van der Waals surface area (Å²) in [5, 5.41) is 5.28. The lowest BCUT2D eigenvalue weighted by atomic mass is 9.91. The van der Waals surface area contributed by atoms with Crippen LogP contribution in [0.2, 0.25) is 0 Å². The second-order valence-corrected chi connectivity index (χ2v) is 9.89. The first-order valence-electron chi connectivity index (χ1n) is 12.0. The first-order chi connectivity index (χ1) is 16.2. The number of aryl methyl sites for hydroxylation is 1. The normalized spacial score (nSPS) is 12.3. The van der Waals surface area contributed by atoms with Crippen LogP contribution in [0.15, 0.2) is 24.3 Å². The van der Waals surface area contributed by atoms with Gasteiger partial charge in [-0.15, -0.1) is 0 Å². The van der Waals surface area contributed by atoms with E-state index in [0.717, 1.165) is 5.56 Å². The number of alkyl carbamates (subject to hydrolysis) is 1. The average Bonchev–Trinajstić information content (AvgIpc) is 2.75. The molecule has 2 N–H and O–H groups in total. The minimum Gasteiger partial charge on any atom is -0.466 e. The molecule has 0 spiro atoms. The van der Waals surface area contributed by atoms with E-state index in [-0.39, 0.29) is 26.1 Å². The molecule has 0 saturated heterocycles. The van der Waals surface area contributed by atoms with Crippen LogP contribution in [0.3, 0.4) is 0 Å². The molecule has 3 amide bonds. The molecule has 0 heterocycles. The van der Waals surface area contributed by atoms with Gasteiger partial charge in [-0.25, -0.2) is 4.79 Å². The zero-order chi connectivity index (χ0) is 26.8. The van der Waals surface area contributed by atoms with Gasteiger partial charge in [-0.1, -0.05) is 31.2 Å². The van der Waals surface area contributed by atoms with E-state index >= 15 is 0 Å². The Hall–Kier alpha value is -3.10. The lowest BCUT2D eigenvalue weighted by Gasteiger charge is -2.43. The summed E-state index contributed by atoms with van der Waals surface area (Å²) < 4.78 is 10.2. The molecule has 0 aliphatic rings. The van der Waals surface area contributed by atoms with Gasteiger partial charge in [0.1, 0.15) is 18.2 Å². The first kappa shape index (κ1) is 29.9. The smallest absolute Gasteiger partial charge is 0.408 e. The average molecular weight is 492 g/mol. The lowest BCUT2D eigenvalue weighted by molar-refractivity contribution is -0.147. The molecule has 35 heavy (non-hydrogen) atoms. The summed E-state index contributed by atoms with van der Waals surface area (Å²) >= 11 is 0. The van der Waals surface area contributed by atoms with Gasteiger partial charge < -0.3 is 25.0 Å². The van der Waals surface area contributed by atoms with E-state index in [9.17, 15) is 19.2 Å². The van der Waals surface area contributed by atoms with Crippen molar-refractivity contribution < 1.29 is 28.7 Å². The van der Waals surface area contributed by atoms with E-state index in [1.807, 2.05) is 45.9 Å². The fourth-order valence-corrected chi connectivity index (χ4v) is 3.46. The van der Waals surface area contributed by atoms with Gasteiger partial charge in [0.05, 0.1) is 13.0 Å². The minimum absolute atomic E-state index is 0.0192.